The molecule has 2 aromatic rings. The summed E-state index contributed by atoms with van der Waals surface area (Å²) in [5.74, 6) is 0.759. The Bertz CT molecular complexity index is 477. The van der Waals surface area contributed by atoms with Crippen molar-refractivity contribution < 1.29 is 5.11 Å². The van der Waals surface area contributed by atoms with Crippen LogP contribution in [0.4, 0.5) is 5.82 Å². The highest BCUT2D eigenvalue weighted by molar-refractivity contribution is 5.44. The Morgan fingerprint density at radius 2 is 2.27 bits per heavy atom. The number of aliphatic hydroxyl groups is 1. The minimum Gasteiger partial charge on any atom is -0.393 e. The van der Waals surface area contributed by atoms with E-state index in [-0.39, 0.29) is 12.1 Å². The molecule has 7 heteroatoms. The first-order chi connectivity index (χ1) is 7.33. The molecule has 2 N–H and O–H groups in total. The zero-order valence-electron chi connectivity index (χ0n) is 7.91. The molecule has 0 aliphatic heterocycles. The van der Waals surface area contributed by atoms with Crippen molar-refractivity contribution in [2.24, 2.45) is 0 Å². The molecule has 0 radical (unpaired) electrons. The van der Waals surface area contributed by atoms with E-state index in [0.717, 1.165) is 18.7 Å². The molecule has 1 aliphatic carbocycles. The Labute approximate surface area is 85.1 Å². The van der Waals surface area contributed by atoms with Crippen molar-refractivity contribution in [1.82, 2.24) is 25.0 Å². The lowest BCUT2D eigenvalue weighted by Gasteiger charge is -2.32. The van der Waals surface area contributed by atoms with Crippen LogP contribution in [0.15, 0.2) is 12.4 Å². The lowest BCUT2D eigenvalue weighted by Crippen LogP contribution is -2.39. The van der Waals surface area contributed by atoms with Gasteiger partial charge in [-0.15, -0.1) is 5.10 Å². The van der Waals surface area contributed by atoms with Crippen molar-refractivity contribution >= 4 is 11.5 Å². The fourth-order valence-corrected chi connectivity index (χ4v) is 1.69. The molecule has 0 amide bonds. The van der Waals surface area contributed by atoms with Gasteiger partial charge in [0.1, 0.15) is 0 Å². The fraction of sp³-hybridized carbons (Fsp3) is 0.500. The Morgan fingerprint density at radius 3 is 3.07 bits per heavy atom. The van der Waals surface area contributed by atoms with Crippen LogP contribution >= 0.6 is 0 Å². The summed E-state index contributed by atoms with van der Waals surface area (Å²) in [7, 11) is 0. The maximum Gasteiger partial charge on any atom is 0.199 e. The molecule has 7 nitrogen and oxygen atoms in total. The number of rotatable bonds is 2. The van der Waals surface area contributed by atoms with Gasteiger partial charge in [0, 0.05) is 6.04 Å². The van der Waals surface area contributed by atoms with Gasteiger partial charge in [-0.3, -0.25) is 4.98 Å². The van der Waals surface area contributed by atoms with Crippen molar-refractivity contribution in [2.75, 3.05) is 5.32 Å². The van der Waals surface area contributed by atoms with Gasteiger partial charge in [0.25, 0.3) is 0 Å². The maximum absolute atomic E-state index is 9.17. The van der Waals surface area contributed by atoms with E-state index < -0.39 is 0 Å². The van der Waals surface area contributed by atoms with Gasteiger partial charge in [0.2, 0.25) is 0 Å². The third kappa shape index (κ3) is 1.40. The average molecular weight is 206 g/mol. The van der Waals surface area contributed by atoms with Gasteiger partial charge in [-0.2, -0.15) is 4.52 Å². The molecule has 1 aliphatic rings. The number of nitrogens with zero attached hydrogens (tertiary/aromatic N) is 5. The molecule has 2 heterocycles. The molecule has 0 bridgehead atoms. The Morgan fingerprint density at radius 1 is 1.40 bits per heavy atom. The predicted molar refractivity (Wildman–Crippen MR) is 51.2 cm³/mol. The molecular formula is C8H10N6O. The molecule has 0 spiro atoms. The summed E-state index contributed by atoms with van der Waals surface area (Å²) >= 11 is 0. The average Bonchev–Trinajstić information content (AvgIpc) is 2.64. The second kappa shape index (κ2) is 3.13. The van der Waals surface area contributed by atoms with E-state index in [4.69, 9.17) is 5.11 Å². The first-order valence-corrected chi connectivity index (χ1v) is 4.79. The molecule has 3 rings (SSSR count). The molecule has 0 unspecified atom stereocenters. The van der Waals surface area contributed by atoms with Crippen molar-refractivity contribution in [3.05, 3.63) is 12.4 Å². The molecule has 1 saturated carbocycles. The number of hydrogen-bond donors (Lipinski definition) is 2. The summed E-state index contributed by atoms with van der Waals surface area (Å²) in [6.07, 6.45) is 4.62. The Balaban J connectivity index is 1.87. The van der Waals surface area contributed by atoms with E-state index in [1.807, 2.05) is 0 Å². The molecule has 0 atom stereocenters. The summed E-state index contributed by atoms with van der Waals surface area (Å²) in [5.41, 5.74) is 0.611. The van der Waals surface area contributed by atoms with Crippen LogP contribution in [0.1, 0.15) is 12.8 Å². The minimum atomic E-state index is -0.177. The van der Waals surface area contributed by atoms with E-state index in [1.165, 1.54) is 0 Å². The van der Waals surface area contributed by atoms with E-state index in [9.17, 15) is 0 Å². The van der Waals surface area contributed by atoms with Gasteiger partial charge in [0.15, 0.2) is 11.5 Å². The maximum atomic E-state index is 9.17. The van der Waals surface area contributed by atoms with Gasteiger partial charge < -0.3 is 10.4 Å². The number of hydrogen-bond acceptors (Lipinski definition) is 6. The summed E-state index contributed by atoms with van der Waals surface area (Å²) in [5, 5.41) is 23.6. The van der Waals surface area contributed by atoms with Crippen molar-refractivity contribution in [3.63, 3.8) is 0 Å². The van der Waals surface area contributed by atoms with Crippen LogP contribution < -0.4 is 5.32 Å². The third-order valence-electron chi connectivity index (χ3n) is 2.57. The Hall–Kier alpha value is -1.76. The monoisotopic (exact) mass is 206 g/mol. The number of aliphatic hydroxyl groups excluding tert-OH is 1. The zero-order chi connectivity index (χ0) is 10.3. The van der Waals surface area contributed by atoms with Gasteiger partial charge >= 0.3 is 0 Å². The van der Waals surface area contributed by atoms with E-state index in [2.05, 4.69) is 25.8 Å². The molecule has 15 heavy (non-hydrogen) atoms. The first kappa shape index (κ1) is 8.54. The predicted octanol–water partition coefficient (Wildman–Crippen LogP) is -0.546. The van der Waals surface area contributed by atoms with Crippen LogP contribution in [0, 0.1) is 0 Å². The SMILES string of the molecule is OC1CC(Nc2cncc3nnnn23)C1. The van der Waals surface area contributed by atoms with Gasteiger partial charge in [0.05, 0.1) is 18.5 Å². The highest BCUT2D eigenvalue weighted by atomic mass is 16.3. The van der Waals surface area contributed by atoms with E-state index in [0.29, 0.717) is 5.65 Å². The number of fused-ring (bicyclic) bond motifs is 1. The molecule has 0 saturated heterocycles. The summed E-state index contributed by atoms with van der Waals surface area (Å²) in [6.45, 7) is 0. The van der Waals surface area contributed by atoms with Crippen LogP contribution in [0.5, 0.6) is 0 Å². The fourth-order valence-electron chi connectivity index (χ4n) is 1.69. The number of tetrazole rings is 1. The third-order valence-corrected chi connectivity index (χ3v) is 2.57. The van der Waals surface area contributed by atoms with Crippen molar-refractivity contribution in [2.45, 2.75) is 25.0 Å². The van der Waals surface area contributed by atoms with Crippen LogP contribution in [-0.2, 0) is 0 Å². The largest absolute Gasteiger partial charge is 0.393 e. The van der Waals surface area contributed by atoms with Crippen LogP contribution in [0.2, 0.25) is 0 Å². The van der Waals surface area contributed by atoms with Gasteiger partial charge in [-0.1, -0.05) is 0 Å². The minimum absolute atomic E-state index is 0.177. The second-order valence-corrected chi connectivity index (χ2v) is 3.71. The van der Waals surface area contributed by atoms with Crippen LogP contribution in [-0.4, -0.2) is 42.3 Å². The van der Waals surface area contributed by atoms with Gasteiger partial charge in [-0.05, 0) is 23.3 Å². The number of anilines is 1. The Kier molecular flexibility index (Phi) is 1.78. The molecular weight excluding hydrogens is 196 g/mol. The quantitative estimate of drug-likeness (QED) is 0.685. The highest BCUT2D eigenvalue weighted by Crippen LogP contribution is 2.23. The van der Waals surface area contributed by atoms with E-state index in [1.54, 1.807) is 16.9 Å². The molecule has 78 valence electrons. The van der Waals surface area contributed by atoms with Crippen molar-refractivity contribution in [1.29, 1.82) is 0 Å². The first-order valence-electron chi connectivity index (χ1n) is 4.79. The van der Waals surface area contributed by atoms with Crippen LogP contribution in [0.3, 0.4) is 0 Å². The molecule has 0 aromatic carbocycles. The second-order valence-electron chi connectivity index (χ2n) is 3.71. The molecule has 2 aromatic heterocycles. The lowest BCUT2D eigenvalue weighted by atomic mass is 9.90. The van der Waals surface area contributed by atoms with Crippen molar-refractivity contribution in [3.8, 4) is 0 Å². The summed E-state index contributed by atoms with van der Waals surface area (Å²) in [6, 6.07) is 0.289. The lowest BCUT2D eigenvalue weighted by molar-refractivity contribution is 0.0834. The standard InChI is InChI=1S/C8H10N6O/c15-6-1-5(2-6)10-7-3-9-4-8-11-12-13-14(7)8/h3-6,10,15H,1-2H2. The smallest absolute Gasteiger partial charge is 0.199 e. The highest BCUT2D eigenvalue weighted by Gasteiger charge is 2.27. The summed E-state index contributed by atoms with van der Waals surface area (Å²) < 4.78 is 1.59. The number of aromatic nitrogens is 5. The van der Waals surface area contributed by atoms with Crippen LogP contribution in [0.25, 0.3) is 5.65 Å². The summed E-state index contributed by atoms with van der Waals surface area (Å²) in [4.78, 5) is 4.03. The molecule has 1 fully saturated rings. The zero-order valence-corrected chi connectivity index (χ0v) is 7.91. The van der Waals surface area contributed by atoms with Gasteiger partial charge in [-0.25, -0.2) is 0 Å². The number of nitrogens with one attached hydrogen (secondary N) is 1. The normalized spacial score (nSPS) is 25.1. The topological polar surface area (TPSA) is 88.2 Å². The van der Waals surface area contributed by atoms with E-state index >= 15 is 0 Å².